The van der Waals surface area contributed by atoms with Crippen LogP contribution in [0.25, 0.3) is 0 Å². The zero-order valence-electron chi connectivity index (χ0n) is 18.5. The molecule has 0 radical (unpaired) electrons. The topological polar surface area (TPSA) is 73.5 Å². The first kappa shape index (κ1) is 23.2. The highest BCUT2D eigenvalue weighted by Crippen LogP contribution is 2.25. The van der Waals surface area contributed by atoms with Gasteiger partial charge in [0.1, 0.15) is 6.04 Å². The summed E-state index contributed by atoms with van der Waals surface area (Å²) in [6.07, 6.45) is 0.801. The first-order valence-corrected chi connectivity index (χ1v) is 11.1. The number of hydrogen-bond acceptors (Lipinski definition) is 3. The summed E-state index contributed by atoms with van der Waals surface area (Å²) in [7, 11) is 0. The number of nitrogens with zero attached hydrogens (tertiary/aromatic N) is 1. The zero-order chi connectivity index (χ0) is 23.9. The molecular weight excluding hydrogens is 438 g/mol. The lowest BCUT2D eigenvalue weighted by atomic mass is 10.1. The Hall–Kier alpha value is -3.94. The average molecular weight is 465 g/mol. The summed E-state index contributed by atoms with van der Waals surface area (Å²) in [6.45, 7) is 1.70. The van der Waals surface area contributed by atoms with E-state index in [4.69, 9.17) is 0 Å². The molecule has 8 heteroatoms. The summed E-state index contributed by atoms with van der Waals surface area (Å²) in [5.74, 6) is -1.95. The number of benzene rings is 3. The van der Waals surface area contributed by atoms with Crippen LogP contribution < -0.4 is 20.9 Å². The minimum absolute atomic E-state index is 0.146. The van der Waals surface area contributed by atoms with Crippen LogP contribution in [0.4, 0.5) is 25.0 Å². The van der Waals surface area contributed by atoms with E-state index >= 15 is 0 Å². The van der Waals surface area contributed by atoms with Gasteiger partial charge in [0.2, 0.25) is 0 Å². The molecule has 1 saturated heterocycles. The number of amides is 3. The number of urea groups is 1. The second-order valence-corrected chi connectivity index (χ2v) is 8.25. The molecule has 3 aromatic carbocycles. The van der Waals surface area contributed by atoms with Crippen LogP contribution in [-0.2, 0) is 4.79 Å². The van der Waals surface area contributed by atoms with Crippen LogP contribution in [0.5, 0.6) is 0 Å². The molecule has 0 bridgehead atoms. The highest BCUT2D eigenvalue weighted by molar-refractivity contribution is 5.97. The molecule has 1 aliphatic rings. The monoisotopic (exact) mass is 464 g/mol. The van der Waals surface area contributed by atoms with Crippen molar-refractivity contribution in [1.82, 2.24) is 10.6 Å². The fraction of sp³-hybridized carbons (Fsp3) is 0.231. The molecule has 0 aliphatic carbocycles. The minimum atomic E-state index is -0.876. The molecule has 34 heavy (non-hydrogen) atoms. The number of rotatable bonds is 7. The number of anilines is 2. The van der Waals surface area contributed by atoms with E-state index in [1.165, 1.54) is 6.07 Å². The third kappa shape index (κ3) is 5.89. The van der Waals surface area contributed by atoms with Gasteiger partial charge >= 0.3 is 6.03 Å². The van der Waals surface area contributed by atoms with Crippen LogP contribution in [-0.4, -0.2) is 31.6 Å². The summed E-state index contributed by atoms with van der Waals surface area (Å²) in [6, 6.07) is 20.6. The van der Waals surface area contributed by atoms with Crippen LogP contribution in [0.1, 0.15) is 18.0 Å². The second-order valence-electron chi connectivity index (χ2n) is 8.25. The standard InChI is InChI=1S/C26H26F2N4O2/c27-22-12-11-21(15-23(22)28)32-14-13-18(17-32)16-29-26(34)31-24(19-7-3-1-4-8-19)25(33)30-20-9-5-2-6-10-20/h1-12,15,18,24H,13-14,16-17H2,(H,30,33)(H2,29,31,34). The summed E-state index contributed by atoms with van der Waals surface area (Å²) < 4.78 is 26.7. The fourth-order valence-corrected chi connectivity index (χ4v) is 4.02. The number of carbonyl (C=O) groups excluding carboxylic acids is 2. The fourth-order valence-electron chi connectivity index (χ4n) is 4.02. The highest BCUT2D eigenvalue weighted by atomic mass is 19.2. The molecule has 3 amide bonds. The van der Waals surface area contributed by atoms with E-state index in [0.29, 0.717) is 36.6 Å². The van der Waals surface area contributed by atoms with Gasteiger partial charge in [0.15, 0.2) is 11.6 Å². The normalized spacial score (nSPS) is 16.1. The molecular formula is C26H26F2N4O2. The van der Waals surface area contributed by atoms with Crippen molar-refractivity contribution in [3.8, 4) is 0 Å². The first-order valence-electron chi connectivity index (χ1n) is 11.1. The highest BCUT2D eigenvalue weighted by Gasteiger charge is 2.26. The van der Waals surface area contributed by atoms with E-state index in [1.54, 1.807) is 30.3 Å². The van der Waals surface area contributed by atoms with E-state index in [1.807, 2.05) is 41.3 Å². The third-order valence-electron chi connectivity index (χ3n) is 5.82. The lowest BCUT2D eigenvalue weighted by molar-refractivity contribution is -0.118. The summed E-state index contributed by atoms with van der Waals surface area (Å²) in [5, 5.41) is 8.44. The van der Waals surface area contributed by atoms with E-state index < -0.39 is 23.7 Å². The molecule has 0 spiro atoms. The Balaban J connectivity index is 1.34. The van der Waals surface area contributed by atoms with Gasteiger partial charge < -0.3 is 20.9 Å². The van der Waals surface area contributed by atoms with Crippen LogP contribution in [0, 0.1) is 17.6 Å². The Morgan fingerprint density at radius 1 is 0.941 bits per heavy atom. The van der Waals surface area contributed by atoms with Crippen molar-refractivity contribution in [1.29, 1.82) is 0 Å². The van der Waals surface area contributed by atoms with Gasteiger partial charge in [0, 0.05) is 37.1 Å². The molecule has 3 N–H and O–H groups in total. The lowest BCUT2D eigenvalue weighted by Crippen LogP contribution is -2.44. The van der Waals surface area contributed by atoms with E-state index in [2.05, 4.69) is 16.0 Å². The predicted octanol–water partition coefficient (Wildman–Crippen LogP) is 4.47. The molecule has 6 nitrogen and oxygen atoms in total. The van der Waals surface area contributed by atoms with Crippen molar-refractivity contribution >= 4 is 23.3 Å². The van der Waals surface area contributed by atoms with Crippen molar-refractivity contribution in [2.75, 3.05) is 29.9 Å². The lowest BCUT2D eigenvalue weighted by Gasteiger charge is -2.21. The quantitative estimate of drug-likeness (QED) is 0.483. The Morgan fingerprint density at radius 2 is 1.65 bits per heavy atom. The van der Waals surface area contributed by atoms with E-state index in [0.717, 1.165) is 12.5 Å². The van der Waals surface area contributed by atoms with Gasteiger partial charge in [-0.05, 0) is 42.2 Å². The maximum atomic E-state index is 13.5. The van der Waals surface area contributed by atoms with E-state index in [-0.39, 0.29) is 11.8 Å². The number of nitrogens with one attached hydrogen (secondary N) is 3. The van der Waals surface area contributed by atoms with Gasteiger partial charge in [-0.1, -0.05) is 48.5 Å². The largest absolute Gasteiger partial charge is 0.371 e. The van der Waals surface area contributed by atoms with Gasteiger partial charge in [0.25, 0.3) is 5.91 Å². The van der Waals surface area contributed by atoms with Crippen LogP contribution in [0.15, 0.2) is 78.9 Å². The predicted molar refractivity (Wildman–Crippen MR) is 127 cm³/mol. The van der Waals surface area contributed by atoms with Crippen molar-refractivity contribution < 1.29 is 18.4 Å². The van der Waals surface area contributed by atoms with Gasteiger partial charge in [-0.2, -0.15) is 0 Å². The molecule has 1 heterocycles. The van der Waals surface area contributed by atoms with Crippen molar-refractivity contribution in [2.24, 2.45) is 5.92 Å². The minimum Gasteiger partial charge on any atom is -0.371 e. The second kappa shape index (κ2) is 10.8. The average Bonchev–Trinajstić information content (AvgIpc) is 3.33. The summed E-state index contributed by atoms with van der Waals surface area (Å²) in [5.41, 5.74) is 1.92. The Labute approximate surface area is 197 Å². The Morgan fingerprint density at radius 3 is 2.35 bits per heavy atom. The van der Waals surface area contributed by atoms with Gasteiger partial charge in [-0.3, -0.25) is 4.79 Å². The van der Waals surface area contributed by atoms with Crippen LogP contribution in [0.2, 0.25) is 0 Å². The molecule has 2 atom stereocenters. The van der Waals surface area contributed by atoms with Gasteiger partial charge in [-0.25, -0.2) is 13.6 Å². The smallest absolute Gasteiger partial charge is 0.315 e. The Kier molecular flexibility index (Phi) is 7.37. The van der Waals surface area contributed by atoms with Crippen LogP contribution in [0.3, 0.4) is 0 Å². The van der Waals surface area contributed by atoms with Crippen LogP contribution >= 0.6 is 0 Å². The summed E-state index contributed by atoms with van der Waals surface area (Å²) >= 11 is 0. The number of halogens is 2. The molecule has 176 valence electrons. The van der Waals surface area contributed by atoms with Crippen molar-refractivity contribution in [3.63, 3.8) is 0 Å². The molecule has 2 unspecified atom stereocenters. The van der Waals surface area contributed by atoms with Crippen molar-refractivity contribution in [2.45, 2.75) is 12.5 Å². The molecule has 0 saturated carbocycles. The zero-order valence-corrected chi connectivity index (χ0v) is 18.5. The SMILES string of the molecule is O=C(NCC1CCN(c2ccc(F)c(F)c2)C1)NC(C(=O)Nc1ccccc1)c1ccccc1. The summed E-state index contributed by atoms with van der Waals surface area (Å²) in [4.78, 5) is 27.6. The van der Waals surface area contributed by atoms with Gasteiger partial charge in [-0.15, -0.1) is 0 Å². The number of para-hydroxylation sites is 1. The van der Waals surface area contributed by atoms with E-state index in [9.17, 15) is 18.4 Å². The first-order chi connectivity index (χ1) is 16.5. The molecule has 1 fully saturated rings. The van der Waals surface area contributed by atoms with Gasteiger partial charge in [0.05, 0.1) is 0 Å². The maximum absolute atomic E-state index is 13.5. The molecule has 3 aromatic rings. The Bertz CT molecular complexity index is 1130. The number of hydrogen-bond donors (Lipinski definition) is 3. The maximum Gasteiger partial charge on any atom is 0.315 e. The van der Waals surface area contributed by atoms with Crippen molar-refractivity contribution in [3.05, 3.63) is 96.1 Å². The molecule has 1 aliphatic heterocycles. The third-order valence-corrected chi connectivity index (χ3v) is 5.82. The molecule has 0 aromatic heterocycles. The number of carbonyl (C=O) groups is 2. The molecule has 4 rings (SSSR count).